The maximum atomic E-state index is 12.3. The molecule has 1 heterocycles. The quantitative estimate of drug-likeness (QED) is 0.685. The summed E-state index contributed by atoms with van der Waals surface area (Å²) in [4.78, 5) is 19.4. The molecular formula is C19H24F2N2O2. The first kappa shape index (κ1) is 17.8. The number of hydrogen-bond donors (Lipinski definition) is 1. The number of fused-ring (bicyclic) bond motifs is 1. The third-order valence-electron chi connectivity index (χ3n) is 5.01. The molecule has 1 N–H and O–H groups in total. The van der Waals surface area contributed by atoms with Crippen LogP contribution in [0.3, 0.4) is 0 Å². The zero-order valence-electron chi connectivity index (χ0n) is 14.4. The number of ether oxygens (including phenoxy) is 1. The maximum Gasteiger partial charge on any atom is 0.270 e. The summed E-state index contributed by atoms with van der Waals surface area (Å²) in [5.41, 5.74) is 1.83. The fourth-order valence-electron chi connectivity index (χ4n) is 3.46. The number of aryl methyl sites for hydroxylation is 1. The maximum absolute atomic E-state index is 12.3. The number of aromatic amines is 1. The lowest BCUT2D eigenvalue weighted by atomic mass is 10.1. The van der Waals surface area contributed by atoms with Gasteiger partial charge in [-0.15, -0.1) is 0 Å². The van der Waals surface area contributed by atoms with Crippen molar-refractivity contribution in [3.05, 3.63) is 34.2 Å². The van der Waals surface area contributed by atoms with E-state index in [9.17, 15) is 13.6 Å². The van der Waals surface area contributed by atoms with E-state index in [0.717, 1.165) is 37.6 Å². The fraction of sp³-hybridized carbons (Fsp3) is 0.579. The molecule has 2 aromatic rings. The van der Waals surface area contributed by atoms with Crippen molar-refractivity contribution in [1.29, 1.82) is 0 Å². The molecule has 1 aliphatic carbocycles. The summed E-state index contributed by atoms with van der Waals surface area (Å²) in [7, 11) is 1.58. The van der Waals surface area contributed by atoms with Crippen molar-refractivity contribution in [2.75, 3.05) is 7.11 Å². The van der Waals surface area contributed by atoms with Crippen LogP contribution in [-0.2, 0) is 6.42 Å². The molecule has 1 saturated carbocycles. The van der Waals surface area contributed by atoms with Crippen LogP contribution in [0.15, 0.2) is 23.0 Å². The summed E-state index contributed by atoms with van der Waals surface area (Å²) >= 11 is 0. The summed E-state index contributed by atoms with van der Waals surface area (Å²) in [6, 6.07) is 5.42. The van der Waals surface area contributed by atoms with Crippen LogP contribution in [0.1, 0.15) is 44.2 Å². The summed E-state index contributed by atoms with van der Waals surface area (Å²) < 4.78 is 29.7. The van der Waals surface area contributed by atoms with E-state index in [1.165, 1.54) is 0 Å². The number of aromatic nitrogens is 2. The molecule has 3 rings (SSSR count). The molecule has 0 unspecified atom stereocenters. The van der Waals surface area contributed by atoms with Gasteiger partial charge in [-0.25, -0.2) is 13.8 Å². The van der Waals surface area contributed by atoms with Crippen LogP contribution in [0.4, 0.5) is 8.78 Å². The van der Waals surface area contributed by atoms with Gasteiger partial charge in [-0.1, -0.05) is 19.3 Å². The van der Waals surface area contributed by atoms with Crippen molar-refractivity contribution >= 4 is 11.0 Å². The second kappa shape index (κ2) is 7.93. The van der Waals surface area contributed by atoms with Crippen molar-refractivity contribution in [2.45, 2.75) is 51.4 Å². The van der Waals surface area contributed by atoms with Gasteiger partial charge in [0.25, 0.3) is 5.56 Å². The smallest absolute Gasteiger partial charge is 0.270 e. The standard InChI is InChI=1S/C19H24F2N2O2/c1-25-14-7-8-15-17(11-14)23-19(24)16(22-15)6-4-2-3-5-12-9-13(12)10-18(20)21/h7-8,11-13,18H,2-6,9-10H2,1H3,(H,23,24)/t12-,13-/m1/s1. The first-order valence-corrected chi connectivity index (χ1v) is 8.92. The van der Waals surface area contributed by atoms with Crippen LogP contribution in [0.25, 0.3) is 11.0 Å². The Hall–Kier alpha value is -1.98. The molecule has 4 nitrogen and oxygen atoms in total. The number of H-pyrrole nitrogens is 1. The largest absolute Gasteiger partial charge is 0.497 e. The highest BCUT2D eigenvalue weighted by Gasteiger charge is 2.37. The molecule has 136 valence electrons. The molecule has 1 aliphatic rings. The van der Waals surface area contributed by atoms with E-state index in [1.807, 2.05) is 12.1 Å². The van der Waals surface area contributed by atoms with Gasteiger partial charge in [0.15, 0.2) is 0 Å². The van der Waals surface area contributed by atoms with Gasteiger partial charge in [-0.05, 0) is 43.2 Å². The molecule has 2 atom stereocenters. The van der Waals surface area contributed by atoms with Gasteiger partial charge in [0.05, 0.1) is 18.1 Å². The molecule has 6 heteroatoms. The SMILES string of the molecule is COc1ccc2nc(CCCCC[C@@H]3C[C@@H]3CC(F)F)c(=O)[nH]c2c1. The topological polar surface area (TPSA) is 55.0 Å². The number of rotatable bonds is 9. The molecule has 0 bridgehead atoms. The number of halogens is 2. The van der Waals surface area contributed by atoms with Crippen molar-refractivity contribution in [3.8, 4) is 5.75 Å². The minimum atomic E-state index is -2.17. The Labute approximate surface area is 145 Å². The normalized spacial score (nSPS) is 19.5. The van der Waals surface area contributed by atoms with Gasteiger partial charge in [0.1, 0.15) is 11.4 Å². The second-order valence-corrected chi connectivity index (χ2v) is 6.88. The number of unbranched alkanes of at least 4 members (excludes halogenated alkanes) is 2. The van der Waals surface area contributed by atoms with Crippen LogP contribution in [0.5, 0.6) is 5.75 Å². The lowest BCUT2D eigenvalue weighted by Gasteiger charge is -2.05. The van der Waals surface area contributed by atoms with E-state index in [-0.39, 0.29) is 17.9 Å². The second-order valence-electron chi connectivity index (χ2n) is 6.88. The van der Waals surface area contributed by atoms with Crippen molar-refractivity contribution < 1.29 is 13.5 Å². The molecular weight excluding hydrogens is 326 g/mol. The number of nitrogens with zero attached hydrogens (tertiary/aromatic N) is 1. The van der Waals surface area contributed by atoms with E-state index < -0.39 is 6.43 Å². The Balaban J connectivity index is 1.45. The summed E-state index contributed by atoms with van der Waals surface area (Å²) in [6.07, 6.45) is 3.45. The number of benzene rings is 1. The van der Waals surface area contributed by atoms with Crippen LogP contribution in [-0.4, -0.2) is 23.5 Å². The van der Waals surface area contributed by atoms with Crippen LogP contribution >= 0.6 is 0 Å². The average molecular weight is 350 g/mol. The van der Waals surface area contributed by atoms with Gasteiger partial charge in [0.2, 0.25) is 6.43 Å². The number of hydrogen-bond acceptors (Lipinski definition) is 3. The third kappa shape index (κ3) is 4.77. The first-order valence-electron chi connectivity index (χ1n) is 8.92. The van der Waals surface area contributed by atoms with Gasteiger partial charge >= 0.3 is 0 Å². The Morgan fingerprint density at radius 2 is 2.12 bits per heavy atom. The number of alkyl halides is 2. The van der Waals surface area contributed by atoms with E-state index in [1.54, 1.807) is 13.2 Å². The van der Waals surface area contributed by atoms with Gasteiger partial charge < -0.3 is 9.72 Å². The van der Waals surface area contributed by atoms with E-state index in [0.29, 0.717) is 29.3 Å². The molecule has 1 aromatic carbocycles. The minimum Gasteiger partial charge on any atom is -0.497 e. The molecule has 1 aromatic heterocycles. The molecule has 25 heavy (non-hydrogen) atoms. The summed E-state index contributed by atoms with van der Waals surface area (Å²) in [5.74, 6) is 1.41. The lowest BCUT2D eigenvalue weighted by Crippen LogP contribution is -2.15. The molecule has 0 spiro atoms. The fourth-order valence-corrected chi connectivity index (χ4v) is 3.46. The van der Waals surface area contributed by atoms with Crippen LogP contribution < -0.4 is 10.3 Å². The Bertz CT molecular complexity index is 776. The van der Waals surface area contributed by atoms with Crippen molar-refractivity contribution in [2.24, 2.45) is 11.8 Å². The molecule has 0 saturated heterocycles. The Kier molecular flexibility index (Phi) is 5.66. The minimum absolute atomic E-state index is 0.0613. The zero-order chi connectivity index (χ0) is 17.8. The van der Waals surface area contributed by atoms with Crippen LogP contribution in [0.2, 0.25) is 0 Å². The van der Waals surface area contributed by atoms with E-state index in [4.69, 9.17) is 4.74 Å². The van der Waals surface area contributed by atoms with Crippen molar-refractivity contribution in [1.82, 2.24) is 9.97 Å². The summed E-state index contributed by atoms with van der Waals surface area (Å²) in [5, 5.41) is 0. The average Bonchev–Trinajstić information content (AvgIpc) is 3.31. The van der Waals surface area contributed by atoms with Crippen LogP contribution in [0, 0.1) is 11.8 Å². The number of methoxy groups -OCH3 is 1. The Morgan fingerprint density at radius 3 is 2.88 bits per heavy atom. The lowest BCUT2D eigenvalue weighted by molar-refractivity contribution is 0.128. The molecule has 1 fully saturated rings. The highest BCUT2D eigenvalue weighted by molar-refractivity contribution is 5.75. The van der Waals surface area contributed by atoms with Gasteiger partial charge in [-0.3, -0.25) is 4.79 Å². The predicted molar refractivity (Wildman–Crippen MR) is 93.3 cm³/mol. The molecule has 0 amide bonds. The highest BCUT2D eigenvalue weighted by atomic mass is 19.3. The Morgan fingerprint density at radius 1 is 1.28 bits per heavy atom. The number of nitrogens with one attached hydrogen (secondary N) is 1. The third-order valence-corrected chi connectivity index (χ3v) is 5.01. The predicted octanol–water partition coefficient (Wildman–Crippen LogP) is 4.33. The monoisotopic (exact) mass is 350 g/mol. The molecule has 0 radical (unpaired) electrons. The van der Waals surface area contributed by atoms with E-state index >= 15 is 0 Å². The van der Waals surface area contributed by atoms with Gasteiger partial charge in [0, 0.05) is 12.5 Å². The molecule has 0 aliphatic heterocycles. The summed E-state index contributed by atoms with van der Waals surface area (Å²) in [6.45, 7) is 0. The van der Waals surface area contributed by atoms with Crippen molar-refractivity contribution in [3.63, 3.8) is 0 Å². The first-order chi connectivity index (χ1) is 12.1. The zero-order valence-corrected chi connectivity index (χ0v) is 14.4. The highest BCUT2D eigenvalue weighted by Crippen LogP contribution is 2.45. The van der Waals surface area contributed by atoms with E-state index in [2.05, 4.69) is 9.97 Å². The van der Waals surface area contributed by atoms with Gasteiger partial charge in [-0.2, -0.15) is 0 Å².